The molecule has 4 rings (SSSR count). The van der Waals surface area contributed by atoms with Gasteiger partial charge >= 0.3 is 6.03 Å². The molecule has 4 atom stereocenters. The first-order valence-electron chi connectivity index (χ1n) is 10.5. The number of H-pyrrole nitrogens is 1. The maximum Gasteiger partial charge on any atom is 0.317 e. The summed E-state index contributed by atoms with van der Waals surface area (Å²) in [5.41, 5.74) is 4.67. The van der Waals surface area contributed by atoms with E-state index < -0.39 is 6.10 Å². The second-order valence-electron chi connectivity index (χ2n) is 8.33. The standard InChI is InChI=1S/C22H32N4O2/c1-5-26(6-2)22(28)23-14-10-16-15-8-7-9-18-20(15)17(21(24-18)13(3)27)11-19(16)25(4)12-14/h7-9,13-14,16,19,24,27H,5-6,10-12H2,1-4H3,(H,23,28)/t13?,14-,16+,19+/m0/s1. The van der Waals surface area contributed by atoms with Crippen LogP contribution in [0.15, 0.2) is 18.2 Å². The molecule has 0 spiro atoms. The van der Waals surface area contributed by atoms with Crippen LogP contribution in [0, 0.1) is 0 Å². The predicted octanol–water partition coefficient (Wildman–Crippen LogP) is 2.99. The lowest BCUT2D eigenvalue weighted by atomic mass is 9.73. The highest BCUT2D eigenvalue weighted by Gasteiger charge is 2.41. The highest BCUT2D eigenvalue weighted by Crippen LogP contribution is 2.45. The van der Waals surface area contributed by atoms with E-state index in [2.05, 4.69) is 40.4 Å². The molecule has 28 heavy (non-hydrogen) atoms. The summed E-state index contributed by atoms with van der Waals surface area (Å²) < 4.78 is 0. The second-order valence-corrected chi connectivity index (χ2v) is 8.33. The van der Waals surface area contributed by atoms with Gasteiger partial charge in [-0.3, -0.25) is 0 Å². The average molecular weight is 385 g/mol. The molecule has 6 nitrogen and oxygen atoms in total. The van der Waals surface area contributed by atoms with Crippen LogP contribution in [0.5, 0.6) is 0 Å². The third-order valence-electron chi connectivity index (χ3n) is 6.68. The summed E-state index contributed by atoms with van der Waals surface area (Å²) >= 11 is 0. The fourth-order valence-electron chi connectivity index (χ4n) is 5.30. The summed E-state index contributed by atoms with van der Waals surface area (Å²) in [4.78, 5) is 20.3. The van der Waals surface area contributed by atoms with Crippen LogP contribution >= 0.6 is 0 Å². The number of nitrogens with one attached hydrogen (secondary N) is 2. The van der Waals surface area contributed by atoms with E-state index in [1.165, 1.54) is 16.5 Å². The van der Waals surface area contributed by atoms with Gasteiger partial charge in [-0.15, -0.1) is 0 Å². The minimum Gasteiger partial charge on any atom is -0.387 e. The average Bonchev–Trinajstić information content (AvgIpc) is 3.04. The first kappa shape index (κ1) is 19.3. The number of hydrogen-bond donors (Lipinski definition) is 3. The van der Waals surface area contributed by atoms with Crippen LogP contribution in [0.25, 0.3) is 10.9 Å². The summed E-state index contributed by atoms with van der Waals surface area (Å²) in [6, 6.07) is 7.00. The van der Waals surface area contributed by atoms with Gasteiger partial charge in [-0.1, -0.05) is 12.1 Å². The molecule has 1 aliphatic heterocycles. The highest BCUT2D eigenvalue weighted by atomic mass is 16.3. The topological polar surface area (TPSA) is 71.6 Å². The zero-order valence-corrected chi connectivity index (χ0v) is 17.3. The molecule has 2 heterocycles. The number of aromatic nitrogens is 1. The van der Waals surface area contributed by atoms with E-state index in [1.807, 2.05) is 25.7 Å². The molecule has 1 aromatic heterocycles. The van der Waals surface area contributed by atoms with Crippen molar-refractivity contribution in [1.29, 1.82) is 0 Å². The number of carbonyl (C=O) groups excluding carboxylic acids is 1. The SMILES string of the molecule is CCN(CC)C(=O)N[C@H]1C[C@@H]2c3cccc4[nH]c(C(C)O)c(c34)C[C@H]2N(C)C1. The monoisotopic (exact) mass is 384 g/mol. The molecule has 0 saturated carbocycles. The largest absolute Gasteiger partial charge is 0.387 e. The second kappa shape index (κ2) is 7.41. The van der Waals surface area contributed by atoms with Gasteiger partial charge in [0.25, 0.3) is 0 Å². The summed E-state index contributed by atoms with van der Waals surface area (Å²) in [7, 11) is 2.16. The van der Waals surface area contributed by atoms with Crippen molar-refractivity contribution in [1.82, 2.24) is 20.1 Å². The molecule has 6 heteroatoms. The molecule has 2 aliphatic rings. The van der Waals surface area contributed by atoms with E-state index in [1.54, 1.807) is 0 Å². The van der Waals surface area contributed by atoms with Crippen molar-refractivity contribution < 1.29 is 9.90 Å². The number of likely N-dealkylation sites (tertiary alicyclic amines) is 1. The number of aromatic amines is 1. The molecular formula is C22H32N4O2. The van der Waals surface area contributed by atoms with Crippen molar-refractivity contribution >= 4 is 16.9 Å². The van der Waals surface area contributed by atoms with Gasteiger partial charge in [-0.2, -0.15) is 0 Å². The normalized spacial score (nSPS) is 25.4. The Labute approximate surface area is 166 Å². The lowest BCUT2D eigenvalue weighted by Crippen LogP contribution is -2.56. The molecule has 1 saturated heterocycles. The Balaban J connectivity index is 1.66. The zero-order valence-electron chi connectivity index (χ0n) is 17.3. The molecule has 2 amide bonds. The molecule has 152 valence electrons. The quantitative estimate of drug-likeness (QED) is 0.759. The maximum atomic E-state index is 12.6. The molecule has 0 radical (unpaired) electrons. The number of nitrogens with zero attached hydrogens (tertiary/aromatic N) is 2. The van der Waals surface area contributed by atoms with Gasteiger partial charge in [0, 0.05) is 54.2 Å². The van der Waals surface area contributed by atoms with Gasteiger partial charge in [-0.05, 0) is 57.9 Å². The summed E-state index contributed by atoms with van der Waals surface area (Å²) in [6.45, 7) is 8.17. The number of fused-ring (bicyclic) bond motifs is 2. The van der Waals surface area contributed by atoms with E-state index in [-0.39, 0.29) is 12.1 Å². The van der Waals surface area contributed by atoms with Crippen molar-refractivity contribution in [2.45, 2.75) is 57.7 Å². The molecule has 1 fully saturated rings. The Bertz CT molecular complexity index is 871. The van der Waals surface area contributed by atoms with Crippen molar-refractivity contribution in [3.8, 4) is 0 Å². The molecule has 1 aliphatic carbocycles. The number of aliphatic hydroxyl groups excluding tert-OH is 1. The fourth-order valence-corrected chi connectivity index (χ4v) is 5.30. The number of urea groups is 1. The zero-order chi connectivity index (χ0) is 20.0. The van der Waals surface area contributed by atoms with E-state index in [0.717, 1.165) is 43.7 Å². The minimum absolute atomic E-state index is 0.0367. The van der Waals surface area contributed by atoms with Crippen LogP contribution < -0.4 is 5.32 Å². The van der Waals surface area contributed by atoms with Gasteiger partial charge in [0.1, 0.15) is 0 Å². The number of likely N-dealkylation sites (N-methyl/N-ethyl adjacent to an activating group) is 1. The number of hydrogen-bond acceptors (Lipinski definition) is 3. The molecule has 1 aromatic carbocycles. The Morgan fingerprint density at radius 2 is 2.14 bits per heavy atom. The van der Waals surface area contributed by atoms with Crippen molar-refractivity contribution in [3.05, 3.63) is 35.0 Å². The van der Waals surface area contributed by atoms with Crippen molar-refractivity contribution in [2.75, 3.05) is 26.7 Å². The van der Waals surface area contributed by atoms with Crippen LogP contribution in [0.1, 0.15) is 56.0 Å². The number of aliphatic hydroxyl groups is 1. The van der Waals surface area contributed by atoms with Crippen LogP contribution in [0.2, 0.25) is 0 Å². The van der Waals surface area contributed by atoms with E-state index in [0.29, 0.717) is 12.0 Å². The van der Waals surface area contributed by atoms with Crippen molar-refractivity contribution in [2.24, 2.45) is 0 Å². The Morgan fingerprint density at radius 3 is 2.82 bits per heavy atom. The number of carbonyl (C=O) groups is 1. The van der Waals surface area contributed by atoms with Crippen LogP contribution in [0.3, 0.4) is 0 Å². The summed E-state index contributed by atoms with van der Waals surface area (Å²) in [5.74, 6) is 0.384. The summed E-state index contributed by atoms with van der Waals surface area (Å²) in [5, 5.41) is 14.8. The number of piperidine rings is 1. The lowest BCUT2D eigenvalue weighted by Gasteiger charge is -2.46. The first-order chi connectivity index (χ1) is 13.4. The third kappa shape index (κ3) is 3.08. The molecule has 1 unspecified atom stereocenters. The molecular weight excluding hydrogens is 352 g/mol. The number of rotatable bonds is 4. The third-order valence-corrected chi connectivity index (χ3v) is 6.68. The summed E-state index contributed by atoms with van der Waals surface area (Å²) in [6.07, 6.45) is 1.40. The minimum atomic E-state index is -0.498. The van der Waals surface area contributed by atoms with E-state index >= 15 is 0 Å². The van der Waals surface area contributed by atoms with Crippen LogP contribution in [-0.2, 0) is 6.42 Å². The van der Waals surface area contributed by atoms with Crippen LogP contribution in [-0.4, -0.2) is 64.7 Å². The Morgan fingerprint density at radius 1 is 1.39 bits per heavy atom. The maximum absolute atomic E-state index is 12.6. The van der Waals surface area contributed by atoms with Gasteiger partial charge in [-0.25, -0.2) is 4.79 Å². The first-order valence-corrected chi connectivity index (χ1v) is 10.5. The lowest BCUT2D eigenvalue weighted by molar-refractivity contribution is 0.123. The molecule has 3 N–H and O–H groups in total. The smallest absolute Gasteiger partial charge is 0.317 e. The number of benzene rings is 1. The highest BCUT2D eigenvalue weighted by molar-refractivity contribution is 5.90. The van der Waals surface area contributed by atoms with Gasteiger partial charge in [0.2, 0.25) is 0 Å². The van der Waals surface area contributed by atoms with Crippen LogP contribution in [0.4, 0.5) is 4.79 Å². The molecule has 2 aromatic rings. The van der Waals surface area contributed by atoms with Gasteiger partial charge in [0.05, 0.1) is 6.10 Å². The Kier molecular flexibility index (Phi) is 5.10. The van der Waals surface area contributed by atoms with Gasteiger partial charge < -0.3 is 25.2 Å². The van der Waals surface area contributed by atoms with E-state index in [9.17, 15) is 9.90 Å². The Hall–Kier alpha value is -2.05. The molecule has 0 bridgehead atoms. The fraction of sp³-hybridized carbons (Fsp3) is 0.591. The van der Waals surface area contributed by atoms with Gasteiger partial charge in [0.15, 0.2) is 0 Å². The number of amides is 2. The van der Waals surface area contributed by atoms with E-state index in [4.69, 9.17) is 0 Å². The van der Waals surface area contributed by atoms with Crippen molar-refractivity contribution in [3.63, 3.8) is 0 Å². The predicted molar refractivity (Wildman–Crippen MR) is 112 cm³/mol.